The molecular formula is C19H21N5O2S2. The molecule has 4 rings (SSSR count). The number of benzene rings is 1. The van der Waals surface area contributed by atoms with Crippen LogP contribution < -0.4 is 15.8 Å². The van der Waals surface area contributed by atoms with Gasteiger partial charge in [0.2, 0.25) is 10.1 Å². The van der Waals surface area contributed by atoms with Crippen LogP contribution >= 0.6 is 23.1 Å². The molecule has 1 aliphatic heterocycles. The predicted molar refractivity (Wildman–Crippen MR) is 113 cm³/mol. The van der Waals surface area contributed by atoms with Crippen LogP contribution in [0.2, 0.25) is 0 Å². The van der Waals surface area contributed by atoms with E-state index in [1.807, 2.05) is 6.26 Å². The Kier molecular flexibility index (Phi) is 5.63. The molecular weight excluding hydrogens is 394 g/mol. The van der Waals surface area contributed by atoms with Crippen molar-refractivity contribution in [3.05, 3.63) is 51.9 Å². The van der Waals surface area contributed by atoms with Gasteiger partial charge >= 0.3 is 0 Å². The molecule has 0 unspecified atom stereocenters. The highest BCUT2D eigenvalue weighted by Gasteiger charge is 2.20. The van der Waals surface area contributed by atoms with Gasteiger partial charge in [0.1, 0.15) is 5.56 Å². The molecule has 0 atom stereocenters. The standard InChI is InChI=1S/C19H21N5O2S2/c1-27-14-6-4-13(5-7-14)8-9-20-16(25)15-12-21-18-24(17(15)26)22-19(28-18)23-10-2-3-11-23/h4-7,12H,2-3,8-11H2,1H3,(H,20,25). The van der Waals surface area contributed by atoms with Crippen LogP contribution in [-0.4, -0.2) is 46.4 Å². The molecule has 0 saturated carbocycles. The van der Waals surface area contributed by atoms with Crippen molar-refractivity contribution >= 4 is 39.1 Å². The average molecular weight is 416 g/mol. The number of fused-ring (bicyclic) bond motifs is 1. The SMILES string of the molecule is CSc1ccc(CCNC(=O)c2cnc3sc(N4CCCC4)nn3c2=O)cc1. The lowest BCUT2D eigenvalue weighted by Crippen LogP contribution is -2.33. The Morgan fingerprint density at radius 1 is 1.25 bits per heavy atom. The summed E-state index contributed by atoms with van der Waals surface area (Å²) in [4.78, 5) is 33.3. The van der Waals surface area contributed by atoms with E-state index in [9.17, 15) is 9.59 Å². The summed E-state index contributed by atoms with van der Waals surface area (Å²) in [6.07, 6.45) is 6.35. The number of carbonyl (C=O) groups is 1. The molecule has 7 nitrogen and oxygen atoms in total. The maximum Gasteiger partial charge on any atom is 0.288 e. The van der Waals surface area contributed by atoms with Crippen molar-refractivity contribution < 1.29 is 4.79 Å². The van der Waals surface area contributed by atoms with Crippen molar-refractivity contribution in [3.8, 4) is 0 Å². The molecule has 1 N–H and O–H groups in total. The first-order valence-corrected chi connectivity index (χ1v) is 11.2. The molecule has 1 aromatic carbocycles. The monoisotopic (exact) mass is 415 g/mol. The minimum atomic E-state index is -0.423. The van der Waals surface area contributed by atoms with Crippen LogP contribution in [0.3, 0.4) is 0 Å². The van der Waals surface area contributed by atoms with E-state index in [1.165, 1.54) is 26.9 Å². The normalized spacial score (nSPS) is 14.0. The Labute approximate surface area is 170 Å². The quantitative estimate of drug-likeness (QED) is 0.623. The third kappa shape index (κ3) is 3.90. The highest BCUT2D eigenvalue weighted by atomic mass is 32.2. The van der Waals surface area contributed by atoms with Gasteiger partial charge in [-0.05, 0) is 43.2 Å². The summed E-state index contributed by atoms with van der Waals surface area (Å²) in [5, 5.41) is 7.98. The second-order valence-electron chi connectivity index (χ2n) is 6.60. The number of aromatic nitrogens is 3. The fraction of sp³-hybridized carbons (Fsp3) is 0.368. The number of nitrogens with one attached hydrogen (secondary N) is 1. The molecule has 146 valence electrons. The number of rotatable bonds is 6. The first-order chi connectivity index (χ1) is 13.7. The number of amides is 1. The van der Waals surface area contributed by atoms with E-state index >= 15 is 0 Å². The Morgan fingerprint density at radius 3 is 2.71 bits per heavy atom. The average Bonchev–Trinajstić information content (AvgIpc) is 3.38. The predicted octanol–water partition coefficient (Wildman–Crippen LogP) is 2.45. The van der Waals surface area contributed by atoms with Crippen LogP contribution in [0.15, 0.2) is 40.2 Å². The summed E-state index contributed by atoms with van der Waals surface area (Å²) >= 11 is 3.07. The molecule has 0 bridgehead atoms. The summed E-state index contributed by atoms with van der Waals surface area (Å²) in [6.45, 7) is 2.34. The van der Waals surface area contributed by atoms with Gasteiger partial charge in [0.25, 0.3) is 11.5 Å². The van der Waals surface area contributed by atoms with E-state index in [1.54, 1.807) is 11.8 Å². The Hall–Kier alpha value is -2.39. The van der Waals surface area contributed by atoms with Gasteiger partial charge in [0.05, 0.1) is 0 Å². The van der Waals surface area contributed by atoms with Crippen LogP contribution in [0.1, 0.15) is 28.8 Å². The van der Waals surface area contributed by atoms with E-state index in [-0.39, 0.29) is 5.56 Å². The highest BCUT2D eigenvalue weighted by Crippen LogP contribution is 2.24. The number of carbonyl (C=O) groups excluding carboxylic acids is 1. The molecule has 2 aromatic heterocycles. The second-order valence-corrected chi connectivity index (χ2v) is 8.42. The van der Waals surface area contributed by atoms with Crippen molar-refractivity contribution in [2.24, 2.45) is 0 Å². The lowest BCUT2D eigenvalue weighted by Gasteiger charge is -2.10. The van der Waals surface area contributed by atoms with Gasteiger partial charge in [-0.25, -0.2) is 4.98 Å². The van der Waals surface area contributed by atoms with Crippen molar-refractivity contribution in [1.29, 1.82) is 0 Å². The van der Waals surface area contributed by atoms with Gasteiger partial charge in [0.15, 0.2) is 0 Å². The lowest BCUT2D eigenvalue weighted by atomic mass is 10.1. The van der Waals surface area contributed by atoms with Crippen LogP contribution in [0.5, 0.6) is 0 Å². The third-order valence-electron chi connectivity index (χ3n) is 4.76. The summed E-state index contributed by atoms with van der Waals surface area (Å²) in [6, 6.07) is 8.23. The number of thioether (sulfide) groups is 1. The fourth-order valence-electron chi connectivity index (χ4n) is 3.18. The third-order valence-corrected chi connectivity index (χ3v) is 6.48. The van der Waals surface area contributed by atoms with Gasteiger partial charge in [-0.2, -0.15) is 4.52 Å². The second kappa shape index (κ2) is 8.32. The number of nitrogens with zero attached hydrogens (tertiary/aromatic N) is 4. The van der Waals surface area contributed by atoms with E-state index in [0.29, 0.717) is 17.9 Å². The zero-order valence-electron chi connectivity index (χ0n) is 15.6. The van der Waals surface area contributed by atoms with Gasteiger partial charge in [-0.15, -0.1) is 16.9 Å². The van der Waals surface area contributed by atoms with Crippen LogP contribution in [0.4, 0.5) is 5.13 Å². The molecule has 1 amide bonds. The van der Waals surface area contributed by atoms with Crippen LogP contribution in [0, 0.1) is 0 Å². The topological polar surface area (TPSA) is 79.6 Å². The first-order valence-electron chi connectivity index (χ1n) is 9.20. The van der Waals surface area contributed by atoms with E-state index < -0.39 is 11.5 Å². The first kappa shape index (κ1) is 18.9. The zero-order chi connectivity index (χ0) is 19.5. The summed E-state index contributed by atoms with van der Waals surface area (Å²) in [5.41, 5.74) is 0.736. The molecule has 28 heavy (non-hydrogen) atoms. The van der Waals surface area contributed by atoms with Gasteiger partial charge < -0.3 is 10.2 Å². The lowest BCUT2D eigenvalue weighted by molar-refractivity contribution is 0.0952. The minimum absolute atomic E-state index is 0.0218. The van der Waals surface area contributed by atoms with Crippen molar-refractivity contribution in [2.75, 3.05) is 30.8 Å². The van der Waals surface area contributed by atoms with E-state index in [4.69, 9.17) is 0 Å². The number of anilines is 1. The molecule has 1 aliphatic rings. The Balaban J connectivity index is 1.44. The van der Waals surface area contributed by atoms with Crippen LogP contribution in [-0.2, 0) is 6.42 Å². The number of hydrogen-bond acceptors (Lipinski definition) is 7. The van der Waals surface area contributed by atoms with E-state index in [0.717, 1.165) is 36.6 Å². The van der Waals surface area contributed by atoms with Crippen molar-refractivity contribution in [2.45, 2.75) is 24.2 Å². The molecule has 9 heteroatoms. The van der Waals surface area contributed by atoms with Gasteiger partial charge in [-0.3, -0.25) is 9.59 Å². The minimum Gasteiger partial charge on any atom is -0.351 e. The summed E-state index contributed by atoms with van der Waals surface area (Å²) in [5.74, 6) is -0.414. The molecule has 3 aromatic rings. The maximum atomic E-state index is 12.7. The van der Waals surface area contributed by atoms with Gasteiger partial charge in [0, 0.05) is 30.7 Å². The fourth-order valence-corrected chi connectivity index (χ4v) is 4.50. The smallest absolute Gasteiger partial charge is 0.288 e. The number of hydrogen-bond donors (Lipinski definition) is 1. The Bertz CT molecular complexity index is 1040. The molecule has 3 heterocycles. The Morgan fingerprint density at radius 2 is 2.00 bits per heavy atom. The molecule has 1 saturated heterocycles. The maximum absolute atomic E-state index is 12.7. The molecule has 0 radical (unpaired) electrons. The van der Waals surface area contributed by atoms with Gasteiger partial charge in [-0.1, -0.05) is 23.5 Å². The van der Waals surface area contributed by atoms with Crippen LogP contribution in [0.25, 0.3) is 4.96 Å². The van der Waals surface area contributed by atoms with E-state index in [2.05, 4.69) is 44.6 Å². The summed E-state index contributed by atoms with van der Waals surface area (Å²) in [7, 11) is 0. The van der Waals surface area contributed by atoms with Crippen molar-refractivity contribution in [3.63, 3.8) is 0 Å². The molecule has 1 fully saturated rings. The zero-order valence-corrected chi connectivity index (χ0v) is 17.2. The summed E-state index contributed by atoms with van der Waals surface area (Å²) < 4.78 is 1.24. The van der Waals surface area contributed by atoms with Crippen molar-refractivity contribution in [1.82, 2.24) is 19.9 Å². The molecule has 0 spiro atoms. The largest absolute Gasteiger partial charge is 0.351 e. The highest BCUT2D eigenvalue weighted by molar-refractivity contribution is 7.98. The molecule has 0 aliphatic carbocycles.